The highest BCUT2D eigenvalue weighted by Crippen LogP contribution is 1.93. The number of hydrogen-bond donors (Lipinski definition) is 2. The zero-order chi connectivity index (χ0) is 10.8. The number of rotatable bonds is 7. The molecule has 0 aliphatic carbocycles. The van der Waals surface area contributed by atoms with E-state index < -0.39 is 0 Å². The molecule has 0 saturated heterocycles. The van der Waals surface area contributed by atoms with E-state index in [1.165, 1.54) is 0 Å². The van der Waals surface area contributed by atoms with Gasteiger partial charge in [-0.05, 0) is 19.4 Å². The van der Waals surface area contributed by atoms with Gasteiger partial charge in [-0.2, -0.15) is 0 Å². The molecule has 0 fully saturated rings. The standard InChI is InChI=1S/C11H20N2O/c1-4-7-10(6-3)13-11(14)9-12-8-5-2/h3,10,12H,4-5,7-9H2,1-2H3,(H,13,14). The molecule has 0 aromatic rings. The Kier molecular flexibility index (Phi) is 7.96. The Labute approximate surface area is 86.6 Å². The lowest BCUT2D eigenvalue weighted by atomic mass is 10.2. The van der Waals surface area contributed by atoms with Crippen LogP contribution >= 0.6 is 0 Å². The second-order valence-electron chi connectivity index (χ2n) is 3.25. The minimum Gasteiger partial charge on any atom is -0.341 e. The Hall–Kier alpha value is -1.01. The highest BCUT2D eigenvalue weighted by Gasteiger charge is 2.07. The first-order chi connectivity index (χ1) is 6.74. The summed E-state index contributed by atoms with van der Waals surface area (Å²) in [5.74, 6) is 2.55. The molecule has 0 radical (unpaired) electrons. The normalized spacial score (nSPS) is 11.8. The number of nitrogens with one attached hydrogen (secondary N) is 2. The molecule has 0 spiro atoms. The van der Waals surface area contributed by atoms with Crippen LogP contribution in [-0.4, -0.2) is 25.0 Å². The number of amides is 1. The van der Waals surface area contributed by atoms with Crippen LogP contribution in [0.5, 0.6) is 0 Å². The lowest BCUT2D eigenvalue weighted by Gasteiger charge is -2.12. The molecule has 0 rings (SSSR count). The van der Waals surface area contributed by atoms with E-state index in [1.807, 2.05) is 6.92 Å². The van der Waals surface area contributed by atoms with Crippen LogP contribution in [0.25, 0.3) is 0 Å². The molecule has 3 nitrogen and oxygen atoms in total. The van der Waals surface area contributed by atoms with Gasteiger partial charge in [0, 0.05) is 0 Å². The quantitative estimate of drug-likeness (QED) is 0.469. The summed E-state index contributed by atoms with van der Waals surface area (Å²) in [5, 5.41) is 5.81. The number of carbonyl (C=O) groups is 1. The molecule has 2 N–H and O–H groups in total. The van der Waals surface area contributed by atoms with Crippen LogP contribution in [0.1, 0.15) is 33.1 Å². The molecule has 80 valence electrons. The third-order valence-electron chi connectivity index (χ3n) is 1.83. The Bertz CT molecular complexity index is 196. The molecule has 0 aromatic heterocycles. The topological polar surface area (TPSA) is 41.1 Å². The van der Waals surface area contributed by atoms with Crippen molar-refractivity contribution in [2.75, 3.05) is 13.1 Å². The zero-order valence-corrected chi connectivity index (χ0v) is 9.10. The van der Waals surface area contributed by atoms with Crippen molar-refractivity contribution in [1.29, 1.82) is 0 Å². The van der Waals surface area contributed by atoms with E-state index in [1.54, 1.807) is 0 Å². The molecule has 1 atom stereocenters. The number of hydrogen-bond acceptors (Lipinski definition) is 2. The van der Waals surface area contributed by atoms with Crippen molar-refractivity contribution in [3.05, 3.63) is 0 Å². The van der Waals surface area contributed by atoms with Gasteiger partial charge in [-0.15, -0.1) is 6.42 Å². The smallest absolute Gasteiger partial charge is 0.234 e. The maximum atomic E-state index is 11.3. The maximum absolute atomic E-state index is 11.3. The molecule has 0 saturated carbocycles. The van der Waals surface area contributed by atoms with Gasteiger partial charge < -0.3 is 10.6 Å². The lowest BCUT2D eigenvalue weighted by molar-refractivity contribution is -0.120. The van der Waals surface area contributed by atoms with Gasteiger partial charge in [0.1, 0.15) is 0 Å². The predicted molar refractivity (Wildman–Crippen MR) is 58.8 cm³/mol. The summed E-state index contributed by atoms with van der Waals surface area (Å²) < 4.78 is 0. The fraction of sp³-hybridized carbons (Fsp3) is 0.727. The molecule has 3 heteroatoms. The zero-order valence-electron chi connectivity index (χ0n) is 9.10. The van der Waals surface area contributed by atoms with Gasteiger partial charge in [0.2, 0.25) is 5.91 Å². The highest BCUT2D eigenvalue weighted by molar-refractivity contribution is 5.78. The Morgan fingerprint density at radius 1 is 1.43 bits per heavy atom. The maximum Gasteiger partial charge on any atom is 0.234 e. The lowest BCUT2D eigenvalue weighted by Crippen LogP contribution is -2.39. The van der Waals surface area contributed by atoms with E-state index in [4.69, 9.17) is 6.42 Å². The summed E-state index contributed by atoms with van der Waals surface area (Å²) in [7, 11) is 0. The molecular weight excluding hydrogens is 176 g/mol. The highest BCUT2D eigenvalue weighted by atomic mass is 16.1. The van der Waals surface area contributed by atoms with Crippen molar-refractivity contribution in [3.63, 3.8) is 0 Å². The fourth-order valence-electron chi connectivity index (χ4n) is 1.11. The van der Waals surface area contributed by atoms with Crippen LogP contribution in [0.2, 0.25) is 0 Å². The summed E-state index contributed by atoms with van der Waals surface area (Å²) in [6.07, 6.45) is 8.13. The summed E-state index contributed by atoms with van der Waals surface area (Å²) in [5.41, 5.74) is 0. The van der Waals surface area contributed by atoms with E-state index in [0.29, 0.717) is 6.54 Å². The van der Waals surface area contributed by atoms with Crippen molar-refractivity contribution in [2.45, 2.75) is 39.2 Å². The third kappa shape index (κ3) is 6.50. The Morgan fingerprint density at radius 3 is 2.64 bits per heavy atom. The molecule has 1 unspecified atom stereocenters. The van der Waals surface area contributed by atoms with Crippen molar-refractivity contribution < 1.29 is 4.79 Å². The minimum atomic E-state index is -0.115. The van der Waals surface area contributed by atoms with Gasteiger partial charge in [0.25, 0.3) is 0 Å². The SMILES string of the molecule is C#CC(CCC)NC(=O)CNCCC. The number of terminal acetylenes is 1. The van der Waals surface area contributed by atoms with Crippen molar-refractivity contribution in [3.8, 4) is 12.3 Å². The molecule has 0 bridgehead atoms. The van der Waals surface area contributed by atoms with Gasteiger partial charge in [-0.1, -0.05) is 26.2 Å². The predicted octanol–water partition coefficient (Wildman–Crippen LogP) is 0.904. The molecule has 1 amide bonds. The second kappa shape index (κ2) is 8.58. The van der Waals surface area contributed by atoms with E-state index >= 15 is 0 Å². The van der Waals surface area contributed by atoms with Crippen LogP contribution in [0.4, 0.5) is 0 Å². The van der Waals surface area contributed by atoms with Crippen LogP contribution in [0.3, 0.4) is 0 Å². The first-order valence-corrected chi connectivity index (χ1v) is 5.20. The number of carbonyl (C=O) groups excluding carboxylic acids is 1. The summed E-state index contributed by atoms with van der Waals surface area (Å²) in [6, 6.07) is -0.115. The van der Waals surface area contributed by atoms with Crippen LogP contribution in [-0.2, 0) is 4.79 Å². The van der Waals surface area contributed by atoms with Crippen LogP contribution in [0, 0.1) is 12.3 Å². The Balaban J connectivity index is 3.63. The van der Waals surface area contributed by atoms with Crippen molar-refractivity contribution >= 4 is 5.91 Å². The van der Waals surface area contributed by atoms with Crippen molar-refractivity contribution in [2.24, 2.45) is 0 Å². The monoisotopic (exact) mass is 196 g/mol. The fourth-order valence-corrected chi connectivity index (χ4v) is 1.11. The molecule has 0 aromatic carbocycles. The molecule has 0 aliphatic heterocycles. The van der Waals surface area contributed by atoms with Gasteiger partial charge in [0.15, 0.2) is 0 Å². The first-order valence-electron chi connectivity index (χ1n) is 5.20. The van der Waals surface area contributed by atoms with E-state index in [0.717, 1.165) is 25.8 Å². The molecular formula is C11H20N2O. The summed E-state index contributed by atoms with van der Waals surface area (Å²) in [4.78, 5) is 11.3. The van der Waals surface area contributed by atoms with E-state index in [-0.39, 0.29) is 11.9 Å². The van der Waals surface area contributed by atoms with Crippen molar-refractivity contribution in [1.82, 2.24) is 10.6 Å². The average Bonchev–Trinajstić information content (AvgIpc) is 2.17. The van der Waals surface area contributed by atoms with Crippen LogP contribution < -0.4 is 10.6 Å². The molecule has 0 heterocycles. The van der Waals surface area contributed by atoms with Gasteiger partial charge >= 0.3 is 0 Å². The third-order valence-corrected chi connectivity index (χ3v) is 1.83. The molecule has 14 heavy (non-hydrogen) atoms. The second-order valence-corrected chi connectivity index (χ2v) is 3.25. The summed E-state index contributed by atoms with van der Waals surface area (Å²) >= 11 is 0. The largest absolute Gasteiger partial charge is 0.341 e. The van der Waals surface area contributed by atoms with Gasteiger partial charge in [-0.25, -0.2) is 0 Å². The minimum absolute atomic E-state index is 0.0187. The molecule has 0 aliphatic rings. The van der Waals surface area contributed by atoms with Gasteiger partial charge in [0.05, 0.1) is 12.6 Å². The van der Waals surface area contributed by atoms with Gasteiger partial charge in [-0.3, -0.25) is 4.79 Å². The first kappa shape index (κ1) is 13.0. The van der Waals surface area contributed by atoms with E-state index in [2.05, 4.69) is 23.5 Å². The van der Waals surface area contributed by atoms with E-state index in [9.17, 15) is 4.79 Å². The average molecular weight is 196 g/mol. The van der Waals surface area contributed by atoms with Crippen LogP contribution in [0.15, 0.2) is 0 Å². The Morgan fingerprint density at radius 2 is 2.14 bits per heavy atom. The summed E-state index contributed by atoms with van der Waals surface area (Å²) in [6.45, 7) is 5.33.